The molecule has 2 saturated heterocycles. The molecule has 2 fully saturated rings. The van der Waals surface area contributed by atoms with Crippen molar-refractivity contribution in [3.63, 3.8) is 0 Å². The molecule has 0 bridgehead atoms. The first-order valence-electron chi connectivity index (χ1n) is 7.58. The van der Waals surface area contributed by atoms with Gasteiger partial charge in [0.2, 0.25) is 0 Å². The Morgan fingerprint density at radius 1 is 1.05 bits per heavy atom. The van der Waals surface area contributed by atoms with Crippen molar-refractivity contribution in [3.05, 3.63) is 0 Å². The van der Waals surface area contributed by atoms with Crippen molar-refractivity contribution >= 4 is 10.2 Å². The predicted octanol–water partition coefficient (Wildman–Crippen LogP) is 1.18. The summed E-state index contributed by atoms with van der Waals surface area (Å²) in [5.41, 5.74) is 0. The lowest BCUT2D eigenvalue weighted by Crippen LogP contribution is -2.47. The average Bonchev–Trinajstić information content (AvgIpc) is 2.42. The van der Waals surface area contributed by atoms with Gasteiger partial charge in [-0.25, -0.2) is 4.72 Å². The second kappa shape index (κ2) is 7.02. The summed E-state index contributed by atoms with van der Waals surface area (Å²) in [6, 6.07) is 0.591. The summed E-state index contributed by atoms with van der Waals surface area (Å²) >= 11 is 0. The van der Waals surface area contributed by atoms with E-state index in [1.165, 1.54) is 19.3 Å². The lowest BCUT2D eigenvalue weighted by atomic mass is 10.0. The van der Waals surface area contributed by atoms with Crippen LogP contribution in [0.2, 0.25) is 0 Å². The highest BCUT2D eigenvalue weighted by Crippen LogP contribution is 2.15. The minimum Gasteiger partial charge on any atom is -0.299 e. The first-order chi connectivity index (χ1) is 9.09. The van der Waals surface area contributed by atoms with Gasteiger partial charge in [-0.2, -0.15) is 12.7 Å². The minimum absolute atomic E-state index is 0.531. The maximum Gasteiger partial charge on any atom is 0.279 e. The summed E-state index contributed by atoms with van der Waals surface area (Å²) in [4.78, 5) is 2.39. The number of hydrogen-bond donors (Lipinski definition) is 1. The lowest BCUT2D eigenvalue weighted by Gasteiger charge is -2.33. The van der Waals surface area contributed by atoms with Crippen LogP contribution in [-0.4, -0.2) is 56.4 Å². The summed E-state index contributed by atoms with van der Waals surface area (Å²) in [6.07, 6.45) is 6.91. The van der Waals surface area contributed by atoms with Crippen LogP contribution in [0.4, 0.5) is 0 Å². The Labute approximate surface area is 117 Å². The number of hydrogen-bond acceptors (Lipinski definition) is 3. The highest BCUT2D eigenvalue weighted by molar-refractivity contribution is 7.87. The second-order valence-corrected chi connectivity index (χ2v) is 7.50. The molecule has 0 aromatic carbocycles. The van der Waals surface area contributed by atoms with E-state index in [-0.39, 0.29) is 0 Å². The number of nitrogens with one attached hydrogen (secondary N) is 1. The largest absolute Gasteiger partial charge is 0.299 e. The fourth-order valence-electron chi connectivity index (χ4n) is 3.00. The molecule has 2 aliphatic rings. The van der Waals surface area contributed by atoms with E-state index < -0.39 is 10.2 Å². The monoisotopic (exact) mass is 289 g/mol. The molecule has 19 heavy (non-hydrogen) atoms. The highest BCUT2D eigenvalue weighted by Gasteiger charge is 2.24. The van der Waals surface area contributed by atoms with Crippen molar-refractivity contribution in [2.24, 2.45) is 0 Å². The molecule has 5 nitrogen and oxygen atoms in total. The molecule has 1 atom stereocenters. The Kier molecular flexibility index (Phi) is 5.62. The molecular formula is C13H27N3O2S. The first kappa shape index (κ1) is 15.2. The Hall–Kier alpha value is -0.170. The number of piperidine rings is 2. The molecule has 112 valence electrons. The summed E-state index contributed by atoms with van der Waals surface area (Å²) in [5, 5.41) is 0. The summed E-state index contributed by atoms with van der Waals surface area (Å²) in [5.74, 6) is 0. The quantitative estimate of drug-likeness (QED) is 0.827. The van der Waals surface area contributed by atoms with Crippen molar-refractivity contribution < 1.29 is 8.42 Å². The molecule has 0 aromatic heterocycles. The Morgan fingerprint density at radius 2 is 1.74 bits per heavy atom. The first-order valence-corrected chi connectivity index (χ1v) is 9.02. The molecule has 0 radical (unpaired) electrons. The fraction of sp³-hybridized carbons (Fsp3) is 1.00. The topological polar surface area (TPSA) is 52.7 Å². The number of likely N-dealkylation sites (tertiary alicyclic amines) is 1. The molecule has 0 spiro atoms. The van der Waals surface area contributed by atoms with Crippen LogP contribution in [-0.2, 0) is 10.2 Å². The molecular weight excluding hydrogens is 262 g/mol. The van der Waals surface area contributed by atoms with Crippen LogP contribution < -0.4 is 4.72 Å². The minimum atomic E-state index is -3.24. The Bertz CT molecular complexity index is 366. The molecule has 0 aromatic rings. The van der Waals surface area contributed by atoms with Crippen molar-refractivity contribution in [2.75, 3.05) is 32.7 Å². The van der Waals surface area contributed by atoms with E-state index in [2.05, 4.69) is 16.5 Å². The molecule has 0 saturated carbocycles. The van der Waals surface area contributed by atoms with Gasteiger partial charge >= 0.3 is 0 Å². The van der Waals surface area contributed by atoms with E-state index in [9.17, 15) is 8.42 Å². The van der Waals surface area contributed by atoms with E-state index in [4.69, 9.17) is 0 Å². The van der Waals surface area contributed by atoms with Gasteiger partial charge in [0, 0.05) is 32.2 Å². The second-order valence-electron chi connectivity index (χ2n) is 5.74. The molecule has 1 N–H and O–H groups in total. The predicted molar refractivity (Wildman–Crippen MR) is 77.2 cm³/mol. The van der Waals surface area contributed by atoms with Crippen LogP contribution in [0.5, 0.6) is 0 Å². The van der Waals surface area contributed by atoms with Gasteiger partial charge in [0.25, 0.3) is 10.2 Å². The van der Waals surface area contributed by atoms with Crippen molar-refractivity contribution in [2.45, 2.75) is 51.5 Å². The van der Waals surface area contributed by atoms with Gasteiger partial charge in [0.05, 0.1) is 0 Å². The molecule has 0 aliphatic carbocycles. The SMILES string of the molecule is C[C@@H]1CCCCN1CCNS(=O)(=O)N1CCCCC1. The van der Waals surface area contributed by atoms with Gasteiger partial charge in [0.15, 0.2) is 0 Å². The normalized spacial score (nSPS) is 27.5. The van der Waals surface area contributed by atoms with Crippen LogP contribution in [0.3, 0.4) is 0 Å². The maximum absolute atomic E-state index is 12.1. The van der Waals surface area contributed by atoms with E-state index >= 15 is 0 Å². The van der Waals surface area contributed by atoms with Crippen LogP contribution in [0.1, 0.15) is 45.4 Å². The van der Waals surface area contributed by atoms with Gasteiger partial charge in [-0.15, -0.1) is 0 Å². The molecule has 2 aliphatic heterocycles. The summed E-state index contributed by atoms with van der Waals surface area (Å²) in [7, 11) is -3.24. The van der Waals surface area contributed by atoms with Crippen LogP contribution in [0.25, 0.3) is 0 Å². The molecule has 2 rings (SSSR count). The third-order valence-electron chi connectivity index (χ3n) is 4.28. The van der Waals surface area contributed by atoms with Gasteiger partial charge in [-0.3, -0.25) is 4.90 Å². The van der Waals surface area contributed by atoms with Crippen LogP contribution in [0.15, 0.2) is 0 Å². The third-order valence-corrected chi connectivity index (χ3v) is 5.89. The zero-order valence-electron chi connectivity index (χ0n) is 12.0. The van der Waals surface area contributed by atoms with E-state index in [1.54, 1.807) is 4.31 Å². The van der Waals surface area contributed by atoms with E-state index in [0.29, 0.717) is 25.7 Å². The third kappa shape index (κ3) is 4.41. The van der Waals surface area contributed by atoms with Gasteiger partial charge in [-0.1, -0.05) is 12.8 Å². The van der Waals surface area contributed by atoms with E-state index in [0.717, 1.165) is 32.4 Å². The van der Waals surface area contributed by atoms with Crippen molar-refractivity contribution in [1.29, 1.82) is 0 Å². The van der Waals surface area contributed by atoms with Crippen molar-refractivity contribution in [1.82, 2.24) is 13.9 Å². The van der Waals surface area contributed by atoms with Gasteiger partial charge in [-0.05, 0) is 39.2 Å². The Morgan fingerprint density at radius 3 is 2.42 bits per heavy atom. The molecule has 6 heteroatoms. The zero-order valence-corrected chi connectivity index (χ0v) is 12.8. The summed E-state index contributed by atoms with van der Waals surface area (Å²) in [6.45, 7) is 6.05. The average molecular weight is 289 g/mol. The van der Waals surface area contributed by atoms with Crippen LogP contribution in [0, 0.1) is 0 Å². The Balaban J connectivity index is 1.74. The van der Waals surface area contributed by atoms with Gasteiger partial charge in [0.1, 0.15) is 0 Å². The van der Waals surface area contributed by atoms with Crippen LogP contribution >= 0.6 is 0 Å². The summed E-state index contributed by atoms with van der Waals surface area (Å²) < 4.78 is 28.6. The van der Waals surface area contributed by atoms with Crippen molar-refractivity contribution in [3.8, 4) is 0 Å². The van der Waals surface area contributed by atoms with E-state index in [1.807, 2.05) is 0 Å². The number of rotatable bonds is 5. The lowest BCUT2D eigenvalue weighted by molar-refractivity contribution is 0.164. The number of nitrogens with zero attached hydrogens (tertiary/aromatic N) is 2. The van der Waals surface area contributed by atoms with Gasteiger partial charge < -0.3 is 0 Å². The standard InChI is InChI=1S/C13H27N3O2S/c1-13-7-3-6-9-15(13)12-8-14-19(17,18)16-10-4-2-5-11-16/h13-14H,2-12H2,1H3/t13-/m1/s1. The molecule has 0 unspecified atom stereocenters. The fourth-order valence-corrected chi connectivity index (χ4v) is 4.28. The molecule has 2 heterocycles. The zero-order chi connectivity index (χ0) is 13.7. The highest BCUT2D eigenvalue weighted by atomic mass is 32.2. The molecule has 0 amide bonds. The maximum atomic E-state index is 12.1. The smallest absolute Gasteiger partial charge is 0.279 e.